The number of carbonyl (C=O) groups excluding carboxylic acids is 3. The fourth-order valence-electron chi connectivity index (χ4n) is 3.94. The van der Waals surface area contributed by atoms with Crippen LogP contribution in [0.2, 0.25) is 0 Å². The van der Waals surface area contributed by atoms with Gasteiger partial charge in [0.05, 0.1) is 28.5 Å². The van der Waals surface area contributed by atoms with E-state index in [0.717, 1.165) is 5.56 Å². The molecule has 1 aliphatic rings. The van der Waals surface area contributed by atoms with Gasteiger partial charge in [-0.3, -0.25) is 19.0 Å². The van der Waals surface area contributed by atoms with Crippen molar-refractivity contribution in [3.05, 3.63) is 90.6 Å². The van der Waals surface area contributed by atoms with E-state index >= 15 is 0 Å². The van der Waals surface area contributed by atoms with Crippen LogP contribution in [0.5, 0.6) is 11.5 Å². The topological polar surface area (TPSA) is 113 Å². The molecule has 3 aromatic rings. The Kier molecular flexibility index (Phi) is 7.49. The molecule has 1 unspecified atom stereocenters. The smallest absolute Gasteiger partial charge is 0.338 e. The standard InChI is InChI=1S/C27H24N2O7S/c1-5-34-26(33)23-15(2)28-27-29(24(23)19-8-12-21(13-9-19)36-17(4)31)25(32)22(37-27)14-18-6-10-20(11-7-18)35-16(3)30/h6-14,24H,5H2,1-4H3/b22-14-. The van der Waals surface area contributed by atoms with Gasteiger partial charge in [0.25, 0.3) is 5.56 Å². The van der Waals surface area contributed by atoms with E-state index in [1.165, 1.54) is 29.8 Å². The number of carbonyl (C=O) groups is 3. The molecule has 1 aromatic heterocycles. The number of benzene rings is 2. The van der Waals surface area contributed by atoms with Crippen LogP contribution >= 0.6 is 11.3 Å². The maximum Gasteiger partial charge on any atom is 0.338 e. The van der Waals surface area contributed by atoms with Gasteiger partial charge in [-0.15, -0.1) is 0 Å². The summed E-state index contributed by atoms with van der Waals surface area (Å²) in [4.78, 5) is 54.0. The monoisotopic (exact) mass is 520 g/mol. The lowest BCUT2D eigenvalue weighted by Crippen LogP contribution is -2.39. The number of hydrogen-bond donors (Lipinski definition) is 0. The molecule has 0 amide bonds. The van der Waals surface area contributed by atoms with Crippen LogP contribution in [-0.4, -0.2) is 29.1 Å². The average Bonchev–Trinajstić information content (AvgIpc) is 3.13. The number of hydrogen-bond acceptors (Lipinski definition) is 9. The van der Waals surface area contributed by atoms with E-state index in [1.807, 2.05) is 0 Å². The highest BCUT2D eigenvalue weighted by molar-refractivity contribution is 7.07. The quantitative estimate of drug-likeness (QED) is 0.363. The lowest BCUT2D eigenvalue weighted by atomic mass is 9.96. The first-order valence-corrected chi connectivity index (χ1v) is 12.3. The molecule has 0 N–H and O–H groups in total. The van der Waals surface area contributed by atoms with Crippen LogP contribution in [0.25, 0.3) is 6.08 Å². The van der Waals surface area contributed by atoms with Gasteiger partial charge in [-0.25, -0.2) is 9.79 Å². The lowest BCUT2D eigenvalue weighted by molar-refractivity contribution is -0.139. The number of rotatable bonds is 6. The average molecular weight is 521 g/mol. The van der Waals surface area contributed by atoms with Crippen molar-refractivity contribution in [3.8, 4) is 11.5 Å². The summed E-state index contributed by atoms with van der Waals surface area (Å²) in [5.41, 5.74) is 1.74. The Morgan fingerprint density at radius 2 is 1.54 bits per heavy atom. The Morgan fingerprint density at radius 3 is 2.08 bits per heavy atom. The fraction of sp³-hybridized carbons (Fsp3) is 0.222. The van der Waals surface area contributed by atoms with E-state index in [4.69, 9.17) is 14.2 Å². The summed E-state index contributed by atoms with van der Waals surface area (Å²) in [5.74, 6) is -0.690. The van der Waals surface area contributed by atoms with E-state index < -0.39 is 23.9 Å². The molecule has 0 saturated heterocycles. The van der Waals surface area contributed by atoms with Crippen LogP contribution in [0.4, 0.5) is 0 Å². The number of fused-ring (bicyclic) bond motifs is 1. The zero-order valence-corrected chi connectivity index (χ0v) is 21.5. The molecular formula is C27H24N2O7S. The second kappa shape index (κ2) is 10.8. The molecule has 0 aliphatic carbocycles. The summed E-state index contributed by atoms with van der Waals surface area (Å²) < 4.78 is 17.4. The third kappa shape index (κ3) is 5.59. The molecule has 2 aromatic carbocycles. The first kappa shape index (κ1) is 25.8. The highest BCUT2D eigenvalue weighted by Gasteiger charge is 2.33. The number of nitrogens with zero attached hydrogens (tertiary/aromatic N) is 2. The molecule has 0 bridgehead atoms. The van der Waals surface area contributed by atoms with Crippen molar-refractivity contribution in [2.24, 2.45) is 4.99 Å². The minimum absolute atomic E-state index is 0.168. The molecule has 10 heteroatoms. The highest BCUT2D eigenvalue weighted by Crippen LogP contribution is 2.31. The minimum Gasteiger partial charge on any atom is -0.463 e. The van der Waals surface area contributed by atoms with E-state index in [-0.39, 0.29) is 17.7 Å². The van der Waals surface area contributed by atoms with Gasteiger partial charge in [-0.2, -0.15) is 0 Å². The number of thiazole rings is 1. The molecule has 0 spiro atoms. The zero-order chi connectivity index (χ0) is 26.7. The highest BCUT2D eigenvalue weighted by atomic mass is 32.1. The summed E-state index contributed by atoms with van der Waals surface area (Å²) >= 11 is 1.20. The summed E-state index contributed by atoms with van der Waals surface area (Å²) in [6.07, 6.45) is 1.71. The molecule has 9 nitrogen and oxygen atoms in total. The van der Waals surface area contributed by atoms with E-state index in [9.17, 15) is 19.2 Å². The van der Waals surface area contributed by atoms with Crippen molar-refractivity contribution in [1.82, 2.24) is 4.57 Å². The van der Waals surface area contributed by atoms with Crippen LogP contribution in [-0.2, 0) is 19.1 Å². The van der Waals surface area contributed by atoms with Crippen molar-refractivity contribution < 1.29 is 28.6 Å². The maximum atomic E-state index is 13.6. The predicted molar refractivity (Wildman–Crippen MR) is 136 cm³/mol. The second-order valence-corrected chi connectivity index (χ2v) is 9.14. The van der Waals surface area contributed by atoms with Gasteiger partial charge in [-0.1, -0.05) is 35.6 Å². The third-order valence-electron chi connectivity index (χ3n) is 5.41. The molecule has 4 rings (SSSR count). The maximum absolute atomic E-state index is 13.6. The summed E-state index contributed by atoms with van der Waals surface area (Å²) in [6, 6.07) is 12.6. The van der Waals surface area contributed by atoms with Gasteiger partial charge in [0, 0.05) is 13.8 Å². The van der Waals surface area contributed by atoms with E-state index in [2.05, 4.69) is 4.99 Å². The largest absolute Gasteiger partial charge is 0.463 e. The minimum atomic E-state index is -0.782. The van der Waals surface area contributed by atoms with Gasteiger partial charge in [0.15, 0.2) is 4.80 Å². The van der Waals surface area contributed by atoms with Crippen molar-refractivity contribution >= 4 is 35.3 Å². The first-order valence-electron chi connectivity index (χ1n) is 11.4. The molecule has 0 fully saturated rings. The van der Waals surface area contributed by atoms with Crippen LogP contribution in [0.15, 0.2) is 69.6 Å². The second-order valence-electron chi connectivity index (χ2n) is 8.13. The Bertz CT molecular complexity index is 1580. The summed E-state index contributed by atoms with van der Waals surface area (Å²) in [7, 11) is 0. The fourth-order valence-corrected chi connectivity index (χ4v) is 4.99. The molecule has 1 aliphatic heterocycles. The zero-order valence-electron chi connectivity index (χ0n) is 20.6. The van der Waals surface area contributed by atoms with Gasteiger partial charge in [0.1, 0.15) is 11.5 Å². The van der Waals surface area contributed by atoms with Gasteiger partial charge < -0.3 is 14.2 Å². The Labute approximate surface area is 215 Å². The number of aromatic nitrogens is 1. The normalized spacial score (nSPS) is 15.0. The van der Waals surface area contributed by atoms with Crippen LogP contribution < -0.4 is 24.4 Å². The number of esters is 3. The summed E-state index contributed by atoms with van der Waals surface area (Å²) in [6.45, 7) is 6.21. The number of allylic oxidation sites excluding steroid dienone is 1. The van der Waals surface area contributed by atoms with Gasteiger partial charge in [-0.05, 0) is 55.3 Å². The van der Waals surface area contributed by atoms with Crippen molar-refractivity contribution in [1.29, 1.82) is 0 Å². The van der Waals surface area contributed by atoms with Gasteiger partial charge >= 0.3 is 17.9 Å². The molecule has 0 saturated carbocycles. The molecule has 0 radical (unpaired) electrons. The van der Waals surface area contributed by atoms with Crippen LogP contribution in [0.1, 0.15) is 44.9 Å². The lowest BCUT2D eigenvalue weighted by Gasteiger charge is -2.24. The van der Waals surface area contributed by atoms with Crippen LogP contribution in [0, 0.1) is 0 Å². The molecule has 1 atom stereocenters. The Morgan fingerprint density at radius 1 is 0.973 bits per heavy atom. The SMILES string of the molecule is CCOC(=O)C1=C(C)N=c2s/c(=C\c3ccc(OC(C)=O)cc3)c(=O)n2C1c1ccc(OC(C)=O)cc1. The summed E-state index contributed by atoms with van der Waals surface area (Å²) in [5, 5.41) is 0. The Balaban J connectivity index is 1.83. The van der Waals surface area contributed by atoms with Crippen molar-refractivity contribution in [2.75, 3.05) is 6.61 Å². The molecule has 2 heterocycles. The van der Waals surface area contributed by atoms with Gasteiger partial charge in [0.2, 0.25) is 0 Å². The Hall–Kier alpha value is -4.31. The van der Waals surface area contributed by atoms with Crippen molar-refractivity contribution in [3.63, 3.8) is 0 Å². The molecule has 37 heavy (non-hydrogen) atoms. The molecular weight excluding hydrogens is 496 g/mol. The van der Waals surface area contributed by atoms with Crippen molar-refractivity contribution in [2.45, 2.75) is 33.7 Å². The van der Waals surface area contributed by atoms with E-state index in [0.29, 0.717) is 32.1 Å². The third-order valence-corrected chi connectivity index (χ3v) is 6.40. The number of ether oxygens (including phenoxy) is 3. The predicted octanol–water partition coefficient (Wildman–Crippen LogP) is 2.65. The van der Waals surface area contributed by atoms with Crippen LogP contribution in [0.3, 0.4) is 0 Å². The molecule has 190 valence electrons. The first-order chi connectivity index (χ1) is 17.7. The van der Waals surface area contributed by atoms with E-state index in [1.54, 1.807) is 68.5 Å².